The fourth-order valence-electron chi connectivity index (χ4n) is 7.65. The summed E-state index contributed by atoms with van der Waals surface area (Å²) in [6, 6.07) is 12.8. The van der Waals surface area contributed by atoms with Gasteiger partial charge in [0.25, 0.3) is 0 Å². The van der Waals surface area contributed by atoms with Gasteiger partial charge < -0.3 is 9.84 Å². The van der Waals surface area contributed by atoms with Gasteiger partial charge in [-0.1, -0.05) is 13.0 Å². The summed E-state index contributed by atoms with van der Waals surface area (Å²) in [7, 11) is 1.73. The molecule has 35 heavy (non-hydrogen) atoms. The molecule has 5 nitrogen and oxygen atoms in total. The number of nitrogens with zero attached hydrogens (tertiary/aromatic N) is 2. The van der Waals surface area contributed by atoms with Gasteiger partial charge in [-0.15, -0.1) is 0 Å². The van der Waals surface area contributed by atoms with Crippen molar-refractivity contribution in [2.24, 2.45) is 17.3 Å². The highest BCUT2D eigenvalue weighted by atomic mass is 32.1. The number of benzene rings is 2. The number of aryl methyl sites for hydroxylation is 1. The molecule has 2 aromatic carbocycles. The Morgan fingerprint density at radius 3 is 2.74 bits per heavy atom. The van der Waals surface area contributed by atoms with E-state index in [1.165, 1.54) is 23.3 Å². The van der Waals surface area contributed by atoms with Crippen molar-refractivity contribution in [1.29, 1.82) is 0 Å². The Kier molecular flexibility index (Phi) is 5.42. The number of aromatic amines is 1. The van der Waals surface area contributed by atoms with Crippen molar-refractivity contribution in [2.45, 2.75) is 63.4 Å². The van der Waals surface area contributed by atoms with Crippen LogP contribution in [0.3, 0.4) is 0 Å². The van der Waals surface area contributed by atoms with Crippen LogP contribution in [-0.2, 0) is 12.8 Å². The van der Waals surface area contributed by atoms with Gasteiger partial charge in [0, 0.05) is 12.1 Å². The van der Waals surface area contributed by atoms with Gasteiger partial charge in [0.2, 0.25) is 0 Å². The van der Waals surface area contributed by atoms with E-state index in [-0.39, 0.29) is 11.2 Å². The SMILES string of the molecule is COc1ccc2c(c1)CC[C@@H]1[C@@H]2CC[C@@]2(C)[C@H]1CC[C@@]2(O)Cc1n[nH]c(=S)n1-c1ccc(F)cc1. The average molecular weight is 494 g/mol. The van der Waals surface area contributed by atoms with Crippen molar-refractivity contribution in [3.8, 4) is 11.4 Å². The first-order chi connectivity index (χ1) is 16.8. The van der Waals surface area contributed by atoms with Crippen molar-refractivity contribution in [3.63, 3.8) is 0 Å². The second-order valence-electron chi connectivity index (χ2n) is 10.9. The number of hydrogen-bond donors (Lipinski definition) is 2. The Morgan fingerprint density at radius 1 is 1.17 bits per heavy atom. The number of ether oxygens (including phenoxy) is 1. The zero-order valence-electron chi connectivity index (χ0n) is 20.3. The van der Waals surface area contributed by atoms with Crippen LogP contribution in [0.25, 0.3) is 5.69 Å². The third-order valence-corrected chi connectivity index (χ3v) is 9.81. The molecule has 0 spiro atoms. The molecule has 3 aliphatic carbocycles. The van der Waals surface area contributed by atoms with Crippen LogP contribution in [0.5, 0.6) is 5.75 Å². The van der Waals surface area contributed by atoms with Crippen LogP contribution in [0.2, 0.25) is 0 Å². The van der Waals surface area contributed by atoms with Crippen LogP contribution in [-0.4, -0.2) is 32.6 Å². The zero-order valence-corrected chi connectivity index (χ0v) is 21.1. The normalized spacial score (nSPS) is 31.5. The number of aliphatic hydroxyl groups is 1. The van der Waals surface area contributed by atoms with E-state index >= 15 is 0 Å². The van der Waals surface area contributed by atoms with E-state index < -0.39 is 5.60 Å². The summed E-state index contributed by atoms with van der Waals surface area (Å²) in [6.45, 7) is 2.30. The number of methoxy groups -OCH3 is 1. The lowest BCUT2D eigenvalue weighted by molar-refractivity contribution is -0.103. The fraction of sp³-hybridized carbons (Fsp3) is 0.500. The molecule has 7 heteroatoms. The van der Waals surface area contributed by atoms with Crippen LogP contribution >= 0.6 is 12.2 Å². The van der Waals surface area contributed by atoms with Crippen LogP contribution < -0.4 is 4.74 Å². The topological polar surface area (TPSA) is 63.1 Å². The van der Waals surface area contributed by atoms with Gasteiger partial charge in [-0.25, -0.2) is 4.39 Å². The summed E-state index contributed by atoms with van der Waals surface area (Å²) in [4.78, 5) is 0. The summed E-state index contributed by atoms with van der Waals surface area (Å²) in [5, 5.41) is 19.6. The van der Waals surface area contributed by atoms with Gasteiger partial charge in [-0.3, -0.25) is 9.67 Å². The number of hydrogen-bond acceptors (Lipinski definition) is 4. The van der Waals surface area contributed by atoms with E-state index in [9.17, 15) is 9.50 Å². The monoisotopic (exact) mass is 493 g/mol. The third kappa shape index (κ3) is 3.50. The van der Waals surface area contributed by atoms with Crippen molar-refractivity contribution in [1.82, 2.24) is 14.8 Å². The molecule has 1 aromatic heterocycles. The number of nitrogens with one attached hydrogen (secondary N) is 1. The van der Waals surface area contributed by atoms with E-state index in [0.29, 0.717) is 34.8 Å². The van der Waals surface area contributed by atoms with Crippen molar-refractivity contribution < 1.29 is 14.2 Å². The summed E-state index contributed by atoms with van der Waals surface area (Å²) in [5.41, 5.74) is 2.63. The van der Waals surface area contributed by atoms with E-state index in [1.54, 1.807) is 19.2 Å². The minimum Gasteiger partial charge on any atom is -0.497 e. The molecule has 2 saturated carbocycles. The van der Waals surface area contributed by atoms with E-state index in [1.807, 2.05) is 4.57 Å². The van der Waals surface area contributed by atoms with Crippen LogP contribution in [0.4, 0.5) is 4.39 Å². The molecular weight excluding hydrogens is 461 g/mol. The summed E-state index contributed by atoms with van der Waals surface area (Å²) >= 11 is 5.50. The molecule has 6 rings (SSSR count). The molecular formula is C28H32FN3O2S. The molecule has 3 aromatic rings. The Balaban J connectivity index is 1.30. The average Bonchev–Trinajstić information content (AvgIpc) is 3.35. The van der Waals surface area contributed by atoms with Crippen molar-refractivity contribution in [2.75, 3.05) is 7.11 Å². The lowest BCUT2D eigenvalue weighted by Crippen LogP contribution is -2.52. The molecule has 0 amide bonds. The predicted molar refractivity (Wildman–Crippen MR) is 135 cm³/mol. The smallest absolute Gasteiger partial charge is 0.199 e. The lowest BCUT2D eigenvalue weighted by atomic mass is 9.53. The number of aromatic nitrogens is 3. The minimum atomic E-state index is -0.860. The molecule has 0 unspecified atom stereocenters. The Morgan fingerprint density at radius 2 is 1.97 bits per heavy atom. The fourth-order valence-corrected chi connectivity index (χ4v) is 7.91. The maximum atomic E-state index is 13.5. The molecule has 0 aliphatic heterocycles. The standard InChI is InChI=1S/C28H32FN3O2S/c1-27-13-11-22-21-10-8-20(34-2)15-17(21)3-9-23(22)24(27)12-14-28(27,33)16-25-30-31-26(35)32(25)19-6-4-18(29)5-7-19/h4-8,10,15,22-24,33H,3,9,11-14,16H2,1-2H3,(H,31,35)/t22-,23-,24+,27+,28-/m1/s1. The van der Waals surface area contributed by atoms with Crippen molar-refractivity contribution >= 4 is 12.2 Å². The molecule has 0 saturated heterocycles. The largest absolute Gasteiger partial charge is 0.497 e. The highest BCUT2D eigenvalue weighted by molar-refractivity contribution is 7.71. The van der Waals surface area contributed by atoms with Gasteiger partial charge >= 0.3 is 0 Å². The maximum absolute atomic E-state index is 13.5. The Labute approximate surface area is 210 Å². The summed E-state index contributed by atoms with van der Waals surface area (Å²) in [6.07, 6.45) is 6.52. The first-order valence-electron chi connectivity index (χ1n) is 12.6. The first kappa shape index (κ1) is 22.9. The first-order valence-corrected chi connectivity index (χ1v) is 13.1. The highest BCUT2D eigenvalue weighted by Crippen LogP contribution is 2.64. The summed E-state index contributed by atoms with van der Waals surface area (Å²) < 4.78 is 21.3. The molecule has 2 N–H and O–H groups in total. The molecule has 1 heterocycles. The number of fused-ring (bicyclic) bond motifs is 5. The Hall–Kier alpha value is -2.51. The molecule has 5 atom stereocenters. The van der Waals surface area contributed by atoms with Crippen LogP contribution in [0, 0.1) is 27.8 Å². The molecule has 0 bridgehead atoms. The summed E-state index contributed by atoms with van der Waals surface area (Å²) in [5.74, 6) is 2.96. The third-order valence-electron chi connectivity index (χ3n) is 9.53. The molecule has 3 aliphatic rings. The van der Waals surface area contributed by atoms with E-state index in [2.05, 4.69) is 35.3 Å². The van der Waals surface area contributed by atoms with E-state index in [4.69, 9.17) is 17.0 Å². The van der Waals surface area contributed by atoms with Gasteiger partial charge in [-0.2, -0.15) is 5.10 Å². The molecule has 184 valence electrons. The van der Waals surface area contributed by atoms with Gasteiger partial charge in [-0.05, 0) is 121 Å². The number of halogens is 1. The highest BCUT2D eigenvalue weighted by Gasteiger charge is 2.61. The zero-order chi connectivity index (χ0) is 24.4. The lowest BCUT2D eigenvalue weighted by Gasteiger charge is -2.53. The van der Waals surface area contributed by atoms with E-state index in [0.717, 1.165) is 50.0 Å². The number of rotatable bonds is 4. The second kappa shape index (κ2) is 8.27. The second-order valence-corrected chi connectivity index (χ2v) is 11.3. The van der Waals surface area contributed by atoms with Gasteiger partial charge in [0.1, 0.15) is 17.4 Å². The predicted octanol–water partition coefficient (Wildman–Crippen LogP) is 5.91. The van der Waals surface area contributed by atoms with Crippen LogP contribution in [0.15, 0.2) is 42.5 Å². The van der Waals surface area contributed by atoms with Gasteiger partial charge in [0.05, 0.1) is 12.7 Å². The van der Waals surface area contributed by atoms with Crippen LogP contribution in [0.1, 0.15) is 61.9 Å². The van der Waals surface area contributed by atoms with Gasteiger partial charge in [0.15, 0.2) is 4.77 Å². The Bertz CT molecular complexity index is 1320. The van der Waals surface area contributed by atoms with Crippen molar-refractivity contribution in [3.05, 3.63) is 70.0 Å². The number of H-pyrrole nitrogens is 1. The molecule has 2 fully saturated rings. The molecule has 0 radical (unpaired) electrons. The minimum absolute atomic E-state index is 0.181. The quantitative estimate of drug-likeness (QED) is 0.444. The maximum Gasteiger partial charge on any atom is 0.199 e.